The van der Waals surface area contributed by atoms with Crippen LogP contribution in [0.4, 0.5) is 17.3 Å². The minimum absolute atomic E-state index is 0.418. The molecule has 0 saturated heterocycles. The van der Waals surface area contributed by atoms with Crippen LogP contribution < -0.4 is 21.3 Å². The van der Waals surface area contributed by atoms with E-state index in [1.807, 2.05) is 20.2 Å². The molecule has 0 unspecified atom stereocenters. The van der Waals surface area contributed by atoms with Gasteiger partial charge >= 0.3 is 0 Å². The van der Waals surface area contributed by atoms with Gasteiger partial charge in [0.05, 0.1) is 18.5 Å². The van der Waals surface area contributed by atoms with Gasteiger partial charge in [-0.3, -0.25) is 4.68 Å². The first-order valence-corrected chi connectivity index (χ1v) is 5.84. The van der Waals surface area contributed by atoms with Gasteiger partial charge in [-0.1, -0.05) is 6.92 Å². The number of nitrogens with one attached hydrogen (secondary N) is 2. The van der Waals surface area contributed by atoms with E-state index < -0.39 is 0 Å². The highest BCUT2D eigenvalue weighted by Crippen LogP contribution is 2.31. The molecule has 19 heavy (non-hydrogen) atoms. The number of nitrogens with zero attached hydrogens (tertiary/aromatic N) is 4. The van der Waals surface area contributed by atoms with Crippen LogP contribution in [0.15, 0.2) is 12.5 Å². The lowest BCUT2D eigenvalue weighted by Crippen LogP contribution is -2.11. The molecule has 0 fully saturated rings. The summed E-state index contributed by atoms with van der Waals surface area (Å²) in [6.45, 7) is 2.04. The van der Waals surface area contributed by atoms with Crippen LogP contribution in [0.3, 0.4) is 0 Å². The lowest BCUT2D eigenvalue weighted by Gasteiger charge is -2.12. The Kier molecular flexibility index (Phi) is 3.81. The number of hydrazine groups is 1. The van der Waals surface area contributed by atoms with Crippen LogP contribution >= 0.6 is 0 Å². The number of nitrogens with two attached hydrogens (primary N) is 1. The van der Waals surface area contributed by atoms with Gasteiger partial charge in [0.1, 0.15) is 6.33 Å². The zero-order valence-corrected chi connectivity index (χ0v) is 11.1. The van der Waals surface area contributed by atoms with Crippen LogP contribution in [0, 0.1) is 0 Å². The molecule has 102 valence electrons. The quantitative estimate of drug-likeness (QED) is 0.541. The van der Waals surface area contributed by atoms with Gasteiger partial charge in [-0.15, -0.1) is 0 Å². The van der Waals surface area contributed by atoms with Gasteiger partial charge in [0, 0.05) is 13.2 Å². The van der Waals surface area contributed by atoms with Gasteiger partial charge in [0.2, 0.25) is 5.75 Å². The number of hydrogen-bond donors (Lipinski definition) is 3. The predicted octanol–water partition coefficient (Wildman–Crippen LogP) is 0.810. The van der Waals surface area contributed by atoms with Gasteiger partial charge in [-0.25, -0.2) is 15.8 Å². The molecule has 0 atom stereocenters. The van der Waals surface area contributed by atoms with Gasteiger partial charge < -0.3 is 15.5 Å². The maximum Gasteiger partial charge on any atom is 0.205 e. The first-order valence-electron chi connectivity index (χ1n) is 5.84. The molecule has 2 aromatic heterocycles. The van der Waals surface area contributed by atoms with Crippen molar-refractivity contribution in [2.24, 2.45) is 12.9 Å². The summed E-state index contributed by atoms with van der Waals surface area (Å²) in [4.78, 5) is 8.14. The van der Waals surface area contributed by atoms with Crippen LogP contribution in [-0.4, -0.2) is 26.9 Å². The van der Waals surface area contributed by atoms with Crippen molar-refractivity contribution in [3.8, 4) is 5.75 Å². The van der Waals surface area contributed by atoms with E-state index in [0.29, 0.717) is 17.4 Å². The van der Waals surface area contributed by atoms with Crippen molar-refractivity contribution in [1.29, 1.82) is 0 Å². The van der Waals surface area contributed by atoms with Crippen molar-refractivity contribution >= 4 is 17.3 Å². The topological polar surface area (TPSA) is 103 Å². The second kappa shape index (κ2) is 5.53. The zero-order valence-electron chi connectivity index (χ0n) is 11.1. The average Bonchev–Trinajstić information content (AvgIpc) is 2.78. The summed E-state index contributed by atoms with van der Waals surface area (Å²) >= 11 is 0. The largest absolute Gasteiger partial charge is 0.490 e. The van der Waals surface area contributed by atoms with E-state index in [1.165, 1.54) is 13.4 Å². The molecule has 0 spiro atoms. The first-order chi connectivity index (χ1) is 9.19. The van der Waals surface area contributed by atoms with Gasteiger partial charge in [0.25, 0.3) is 0 Å². The summed E-state index contributed by atoms with van der Waals surface area (Å²) in [6.07, 6.45) is 4.11. The fourth-order valence-corrected chi connectivity index (χ4v) is 1.79. The summed E-state index contributed by atoms with van der Waals surface area (Å²) in [5.74, 6) is 6.79. The molecule has 8 nitrogen and oxygen atoms in total. The number of anilines is 3. The Balaban J connectivity index is 2.37. The van der Waals surface area contributed by atoms with E-state index in [-0.39, 0.29) is 0 Å². The maximum absolute atomic E-state index is 5.38. The molecule has 4 N–H and O–H groups in total. The Bertz CT molecular complexity index is 566. The predicted molar refractivity (Wildman–Crippen MR) is 72.3 cm³/mol. The molecule has 0 saturated carbocycles. The fraction of sp³-hybridized carbons (Fsp3) is 0.364. The van der Waals surface area contributed by atoms with Crippen LogP contribution in [-0.2, 0) is 13.5 Å². The van der Waals surface area contributed by atoms with Gasteiger partial charge in [-0.2, -0.15) is 5.10 Å². The average molecular weight is 263 g/mol. The third-order valence-corrected chi connectivity index (χ3v) is 2.64. The van der Waals surface area contributed by atoms with E-state index in [0.717, 1.165) is 17.8 Å². The zero-order chi connectivity index (χ0) is 13.8. The van der Waals surface area contributed by atoms with E-state index >= 15 is 0 Å². The van der Waals surface area contributed by atoms with Crippen molar-refractivity contribution in [3.63, 3.8) is 0 Å². The number of rotatable bonds is 5. The lowest BCUT2D eigenvalue weighted by atomic mass is 10.3. The second-order valence-electron chi connectivity index (χ2n) is 3.89. The number of aromatic nitrogens is 4. The Labute approximate surface area is 111 Å². The minimum atomic E-state index is 0.418. The molecule has 2 rings (SSSR count). The summed E-state index contributed by atoms with van der Waals surface area (Å²) < 4.78 is 7.01. The molecular weight excluding hydrogens is 246 g/mol. The molecule has 2 heterocycles. The molecule has 8 heteroatoms. The summed E-state index contributed by atoms with van der Waals surface area (Å²) in [5, 5.41) is 7.54. The van der Waals surface area contributed by atoms with Crippen LogP contribution in [0.2, 0.25) is 0 Å². The number of methoxy groups -OCH3 is 1. The normalized spacial score (nSPS) is 10.3. The molecule has 0 aliphatic rings. The highest BCUT2D eigenvalue weighted by Gasteiger charge is 2.14. The molecular formula is C11H17N7O. The highest BCUT2D eigenvalue weighted by molar-refractivity contribution is 5.69. The van der Waals surface area contributed by atoms with Gasteiger partial charge in [0.15, 0.2) is 11.6 Å². The summed E-state index contributed by atoms with van der Waals surface area (Å²) in [6, 6.07) is 0. The summed E-state index contributed by atoms with van der Waals surface area (Å²) in [7, 11) is 3.41. The molecule has 0 amide bonds. The Morgan fingerprint density at radius 1 is 1.37 bits per heavy atom. The Morgan fingerprint density at radius 3 is 2.74 bits per heavy atom. The summed E-state index contributed by atoms with van der Waals surface area (Å²) in [5.41, 5.74) is 4.30. The lowest BCUT2D eigenvalue weighted by molar-refractivity contribution is 0.415. The van der Waals surface area contributed by atoms with Crippen LogP contribution in [0.5, 0.6) is 5.75 Å². The Morgan fingerprint density at radius 2 is 2.11 bits per heavy atom. The van der Waals surface area contributed by atoms with E-state index in [2.05, 4.69) is 25.8 Å². The van der Waals surface area contributed by atoms with Crippen molar-refractivity contribution in [2.45, 2.75) is 13.3 Å². The van der Waals surface area contributed by atoms with Gasteiger partial charge in [-0.05, 0) is 6.42 Å². The monoisotopic (exact) mass is 263 g/mol. The van der Waals surface area contributed by atoms with E-state index in [1.54, 1.807) is 4.68 Å². The Hall–Kier alpha value is -2.35. The molecule has 0 aliphatic heterocycles. The highest BCUT2D eigenvalue weighted by atomic mass is 16.5. The standard InChI is InChI=1S/C11H17N7O/c1-4-7-8(5-18(2)17-7)15-10-9(19-3)11(16-12)14-6-13-10/h5-6H,4,12H2,1-3H3,(H2,13,14,15,16). The fourth-order valence-electron chi connectivity index (χ4n) is 1.79. The van der Waals surface area contributed by atoms with Crippen LogP contribution in [0.1, 0.15) is 12.6 Å². The SMILES string of the molecule is CCc1nn(C)cc1Nc1ncnc(NN)c1OC. The van der Waals surface area contributed by atoms with Crippen molar-refractivity contribution in [2.75, 3.05) is 17.9 Å². The third kappa shape index (κ3) is 2.58. The maximum atomic E-state index is 5.38. The molecule has 2 aromatic rings. The number of aryl methyl sites for hydroxylation is 2. The number of nitrogen functional groups attached to an aromatic ring is 1. The van der Waals surface area contributed by atoms with Crippen LogP contribution in [0.25, 0.3) is 0 Å². The first kappa shape index (κ1) is 13.1. The molecule has 0 radical (unpaired) electrons. The number of hydrogen-bond acceptors (Lipinski definition) is 7. The van der Waals surface area contributed by atoms with E-state index in [9.17, 15) is 0 Å². The van der Waals surface area contributed by atoms with Crippen molar-refractivity contribution < 1.29 is 4.74 Å². The van der Waals surface area contributed by atoms with Crippen molar-refractivity contribution in [1.82, 2.24) is 19.7 Å². The van der Waals surface area contributed by atoms with Crippen molar-refractivity contribution in [3.05, 3.63) is 18.2 Å². The minimum Gasteiger partial charge on any atom is -0.490 e. The molecule has 0 bridgehead atoms. The third-order valence-electron chi connectivity index (χ3n) is 2.64. The smallest absolute Gasteiger partial charge is 0.205 e. The van der Waals surface area contributed by atoms with E-state index in [4.69, 9.17) is 10.6 Å². The second-order valence-corrected chi connectivity index (χ2v) is 3.89. The molecule has 0 aromatic carbocycles. The molecule has 0 aliphatic carbocycles. The number of ether oxygens (including phenoxy) is 1.